The summed E-state index contributed by atoms with van der Waals surface area (Å²) < 4.78 is 8.18. The molecule has 0 N–H and O–H groups in total. The molecule has 0 aliphatic carbocycles. The molecule has 0 aliphatic rings. The second-order valence-electron chi connectivity index (χ2n) is 4.84. The molecule has 0 bridgehead atoms. The average Bonchev–Trinajstić information content (AvgIpc) is 2.84. The Morgan fingerprint density at radius 3 is 2.67 bits per heavy atom. The number of aryl methyl sites for hydroxylation is 1. The summed E-state index contributed by atoms with van der Waals surface area (Å²) in [5.41, 5.74) is 2.29. The van der Waals surface area contributed by atoms with Crippen LogP contribution in [0, 0.1) is 0 Å². The normalized spacial score (nSPS) is 10.8. The van der Waals surface area contributed by atoms with Crippen LogP contribution >= 0.6 is 15.9 Å². The highest BCUT2D eigenvalue weighted by atomic mass is 79.9. The monoisotopic (exact) mass is 343 g/mol. The van der Waals surface area contributed by atoms with Crippen LogP contribution in [0.4, 0.5) is 0 Å². The molecule has 0 fully saturated rings. The Labute approximate surface area is 131 Å². The zero-order valence-corrected chi connectivity index (χ0v) is 13.3. The quantitative estimate of drug-likeness (QED) is 0.668. The van der Waals surface area contributed by atoms with Crippen molar-refractivity contribution < 1.29 is 9.53 Å². The SMILES string of the molecule is COc1cc(Br)ccc1C(=O)c1cn(C)c2ccccc12. The molecule has 0 saturated heterocycles. The molecule has 0 atom stereocenters. The maximum absolute atomic E-state index is 12.9. The molecule has 0 saturated carbocycles. The van der Waals surface area contributed by atoms with Crippen LogP contribution in [0.1, 0.15) is 15.9 Å². The van der Waals surface area contributed by atoms with E-state index in [0.29, 0.717) is 16.9 Å². The zero-order chi connectivity index (χ0) is 15.0. The largest absolute Gasteiger partial charge is 0.496 e. The van der Waals surface area contributed by atoms with Gasteiger partial charge in [0.1, 0.15) is 5.75 Å². The van der Waals surface area contributed by atoms with E-state index in [1.165, 1.54) is 0 Å². The van der Waals surface area contributed by atoms with Gasteiger partial charge >= 0.3 is 0 Å². The van der Waals surface area contributed by atoms with E-state index in [-0.39, 0.29) is 5.78 Å². The number of benzene rings is 2. The van der Waals surface area contributed by atoms with Crippen LogP contribution in [0.3, 0.4) is 0 Å². The van der Waals surface area contributed by atoms with Crippen molar-refractivity contribution in [3.05, 3.63) is 64.3 Å². The molecule has 21 heavy (non-hydrogen) atoms. The van der Waals surface area contributed by atoms with Crippen molar-refractivity contribution in [3.8, 4) is 5.75 Å². The van der Waals surface area contributed by atoms with Gasteiger partial charge in [0.15, 0.2) is 5.78 Å². The average molecular weight is 344 g/mol. The third kappa shape index (κ3) is 2.36. The van der Waals surface area contributed by atoms with Crippen molar-refractivity contribution in [2.24, 2.45) is 7.05 Å². The first-order valence-corrected chi connectivity index (χ1v) is 7.33. The Morgan fingerprint density at radius 1 is 1.14 bits per heavy atom. The molecule has 3 rings (SSSR count). The van der Waals surface area contributed by atoms with Gasteiger partial charge < -0.3 is 9.30 Å². The van der Waals surface area contributed by atoms with Gasteiger partial charge in [-0.05, 0) is 24.3 Å². The fourth-order valence-corrected chi connectivity index (χ4v) is 2.86. The molecule has 1 aromatic heterocycles. The summed E-state index contributed by atoms with van der Waals surface area (Å²) in [7, 11) is 3.51. The van der Waals surface area contributed by atoms with Crippen LogP contribution in [0.15, 0.2) is 53.1 Å². The van der Waals surface area contributed by atoms with Gasteiger partial charge in [0, 0.05) is 34.2 Å². The summed E-state index contributed by atoms with van der Waals surface area (Å²) in [5, 5.41) is 0.954. The van der Waals surface area contributed by atoms with E-state index in [1.54, 1.807) is 19.2 Å². The first kappa shape index (κ1) is 13.9. The lowest BCUT2D eigenvalue weighted by molar-refractivity contribution is 0.103. The van der Waals surface area contributed by atoms with E-state index in [4.69, 9.17) is 4.74 Å². The van der Waals surface area contributed by atoms with Gasteiger partial charge in [0.25, 0.3) is 0 Å². The molecule has 3 aromatic rings. The smallest absolute Gasteiger partial charge is 0.198 e. The fourth-order valence-electron chi connectivity index (χ4n) is 2.52. The highest BCUT2D eigenvalue weighted by Gasteiger charge is 2.19. The van der Waals surface area contributed by atoms with Gasteiger partial charge in [-0.3, -0.25) is 4.79 Å². The molecule has 0 amide bonds. The Hall–Kier alpha value is -2.07. The number of nitrogens with zero attached hydrogens (tertiary/aromatic N) is 1. The molecule has 4 heteroatoms. The molecule has 2 aromatic carbocycles. The number of carbonyl (C=O) groups is 1. The third-order valence-electron chi connectivity index (χ3n) is 3.55. The van der Waals surface area contributed by atoms with Crippen molar-refractivity contribution in [2.45, 2.75) is 0 Å². The fraction of sp³-hybridized carbons (Fsp3) is 0.118. The van der Waals surface area contributed by atoms with Crippen LogP contribution < -0.4 is 4.74 Å². The Bertz CT molecular complexity index is 836. The maximum atomic E-state index is 12.9. The van der Waals surface area contributed by atoms with E-state index in [1.807, 2.05) is 48.1 Å². The molecule has 3 nitrogen and oxygen atoms in total. The van der Waals surface area contributed by atoms with E-state index in [9.17, 15) is 4.79 Å². The van der Waals surface area contributed by atoms with E-state index in [2.05, 4.69) is 15.9 Å². The highest BCUT2D eigenvalue weighted by molar-refractivity contribution is 9.10. The number of hydrogen-bond acceptors (Lipinski definition) is 2. The molecule has 0 spiro atoms. The molecular weight excluding hydrogens is 330 g/mol. The number of fused-ring (bicyclic) bond motifs is 1. The predicted octanol–water partition coefficient (Wildman–Crippen LogP) is 4.18. The van der Waals surface area contributed by atoms with Crippen molar-refractivity contribution in [1.29, 1.82) is 0 Å². The minimum Gasteiger partial charge on any atom is -0.496 e. The Morgan fingerprint density at radius 2 is 1.90 bits per heavy atom. The minimum absolute atomic E-state index is 0.0313. The number of hydrogen-bond donors (Lipinski definition) is 0. The minimum atomic E-state index is -0.0313. The van der Waals surface area contributed by atoms with Crippen LogP contribution in [-0.2, 0) is 7.05 Å². The van der Waals surface area contributed by atoms with Crippen molar-refractivity contribution >= 4 is 32.6 Å². The van der Waals surface area contributed by atoms with E-state index in [0.717, 1.165) is 15.4 Å². The van der Waals surface area contributed by atoms with Crippen LogP contribution in [0.5, 0.6) is 5.75 Å². The maximum Gasteiger partial charge on any atom is 0.198 e. The van der Waals surface area contributed by atoms with E-state index < -0.39 is 0 Å². The lowest BCUT2D eigenvalue weighted by Gasteiger charge is -2.07. The molecule has 0 radical (unpaired) electrons. The first-order valence-electron chi connectivity index (χ1n) is 6.54. The summed E-state index contributed by atoms with van der Waals surface area (Å²) >= 11 is 3.39. The van der Waals surface area contributed by atoms with Crippen LogP contribution in [0.25, 0.3) is 10.9 Å². The summed E-state index contributed by atoms with van der Waals surface area (Å²) in [6, 6.07) is 13.3. The Balaban J connectivity index is 2.17. The predicted molar refractivity (Wildman–Crippen MR) is 87.0 cm³/mol. The highest BCUT2D eigenvalue weighted by Crippen LogP contribution is 2.29. The molecule has 1 heterocycles. The van der Waals surface area contributed by atoms with Gasteiger partial charge in [0.2, 0.25) is 0 Å². The number of ether oxygens (including phenoxy) is 1. The number of methoxy groups -OCH3 is 1. The molecule has 106 valence electrons. The van der Waals surface area contributed by atoms with E-state index >= 15 is 0 Å². The topological polar surface area (TPSA) is 31.2 Å². The Kier molecular flexibility index (Phi) is 3.55. The standard InChI is InChI=1S/C17H14BrNO2/c1-19-10-14(12-5-3-4-6-15(12)19)17(20)13-8-7-11(18)9-16(13)21-2/h3-10H,1-2H3. The number of rotatable bonds is 3. The third-order valence-corrected chi connectivity index (χ3v) is 4.04. The first-order chi connectivity index (χ1) is 10.1. The second kappa shape index (κ2) is 5.37. The zero-order valence-electron chi connectivity index (χ0n) is 11.8. The number of carbonyl (C=O) groups excluding carboxylic acids is 1. The lowest BCUT2D eigenvalue weighted by Crippen LogP contribution is -2.03. The van der Waals surface area contributed by atoms with Crippen molar-refractivity contribution in [3.63, 3.8) is 0 Å². The second-order valence-corrected chi connectivity index (χ2v) is 5.76. The van der Waals surface area contributed by atoms with Crippen LogP contribution in [-0.4, -0.2) is 17.5 Å². The summed E-state index contributed by atoms with van der Waals surface area (Å²) in [4.78, 5) is 12.9. The summed E-state index contributed by atoms with van der Waals surface area (Å²) in [5.74, 6) is 0.540. The van der Waals surface area contributed by atoms with Gasteiger partial charge in [-0.1, -0.05) is 34.1 Å². The van der Waals surface area contributed by atoms with Gasteiger partial charge in [0.05, 0.1) is 12.7 Å². The number of para-hydroxylation sites is 1. The van der Waals surface area contributed by atoms with Gasteiger partial charge in [-0.2, -0.15) is 0 Å². The number of halogens is 1. The number of aromatic nitrogens is 1. The van der Waals surface area contributed by atoms with Crippen LogP contribution in [0.2, 0.25) is 0 Å². The molecular formula is C17H14BrNO2. The van der Waals surface area contributed by atoms with Gasteiger partial charge in [-0.15, -0.1) is 0 Å². The number of ketones is 1. The van der Waals surface area contributed by atoms with Gasteiger partial charge in [-0.25, -0.2) is 0 Å². The summed E-state index contributed by atoms with van der Waals surface area (Å²) in [6.07, 6.45) is 1.87. The van der Waals surface area contributed by atoms with Crippen molar-refractivity contribution in [2.75, 3.05) is 7.11 Å². The molecule has 0 aliphatic heterocycles. The molecule has 0 unspecified atom stereocenters. The van der Waals surface area contributed by atoms with Crippen molar-refractivity contribution in [1.82, 2.24) is 4.57 Å². The lowest BCUT2D eigenvalue weighted by atomic mass is 10.0. The summed E-state index contributed by atoms with van der Waals surface area (Å²) in [6.45, 7) is 0.